The molecule has 0 spiro atoms. The van der Waals surface area contributed by atoms with Crippen molar-refractivity contribution in [2.75, 3.05) is 18.5 Å². The fourth-order valence-electron chi connectivity index (χ4n) is 1.54. The van der Waals surface area contributed by atoms with Crippen LogP contribution >= 0.6 is 0 Å². The normalized spacial score (nSPS) is 12.2. The molecule has 0 aliphatic heterocycles. The fraction of sp³-hybridized carbons (Fsp3) is 0.500. The van der Waals surface area contributed by atoms with Crippen LogP contribution < -0.4 is 11.1 Å². The van der Waals surface area contributed by atoms with E-state index in [1.165, 1.54) is 6.26 Å². The van der Waals surface area contributed by atoms with Gasteiger partial charge in [-0.1, -0.05) is 12.1 Å². The molecule has 0 saturated heterocycles. The smallest absolute Gasteiger partial charge is 0.220 e. The van der Waals surface area contributed by atoms with E-state index in [1.807, 2.05) is 18.2 Å². The highest BCUT2D eigenvalue weighted by Gasteiger charge is 2.30. The van der Waals surface area contributed by atoms with Crippen LogP contribution in [0.1, 0.15) is 25.8 Å². The highest BCUT2D eigenvalue weighted by atomic mass is 32.2. The summed E-state index contributed by atoms with van der Waals surface area (Å²) in [6, 6.07) is 7.37. The van der Waals surface area contributed by atoms with E-state index in [9.17, 15) is 13.2 Å². The zero-order chi connectivity index (χ0) is 15.4. The molecule has 0 radical (unpaired) electrons. The highest BCUT2D eigenvalue weighted by Crippen LogP contribution is 2.13. The predicted octanol–water partition coefficient (Wildman–Crippen LogP) is 1.14. The van der Waals surface area contributed by atoms with E-state index in [0.717, 1.165) is 5.56 Å². The molecular weight excluding hydrogens is 276 g/mol. The van der Waals surface area contributed by atoms with E-state index in [0.29, 0.717) is 18.5 Å². The van der Waals surface area contributed by atoms with Crippen molar-refractivity contribution in [1.82, 2.24) is 5.32 Å². The van der Waals surface area contributed by atoms with Crippen LogP contribution in [0.4, 0.5) is 5.69 Å². The van der Waals surface area contributed by atoms with Gasteiger partial charge in [0.15, 0.2) is 9.84 Å². The molecule has 0 fully saturated rings. The van der Waals surface area contributed by atoms with Gasteiger partial charge >= 0.3 is 0 Å². The Labute approximate surface area is 120 Å². The summed E-state index contributed by atoms with van der Waals surface area (Å²) in [6.07, 6.45) is 2.06. The first kappa shape index (κ1) is 16.5. The molecule has 1 aromatic carbocycles. The second-order valence-corrected chi connectivity index (χ2v) is 8.20. The van der Waals surface area contributed by atoms with Gasteiger partial charge in [0.1, 0.15) is 0 Å². The first-order valence-corrected chi connectivity index (χ1v) is 8.32. The molecule has 112 valence electrons. The summed E-state index contributed by atoms with van der Waals surface area (Å²) in [4.78, 5) is 11.7. The molecule has 0 aromatic heterocycles. The van der Waals surface area contributed by atoms with Gasteiger partial charge in [0.25, 0.3) is 0 Å². The summed E-state index contributed by atoms with van der Waals surface area (Å²) in [7, 11) is -3.20. The largest absolute Gasteiger partial charge is 0.399 e. The van der Waals surface area contributed by atoms with Crippen molar-refractivity contribution in [1.29, 1.82) is 0 Å². The fourth-order valence-corrected chi connectivity index (χ4v) is 1.87. The minimum Gasteiger partial charge on any atom is -0.399 e. The van der Waals surface area contributed by atoms with Gasteiger partial charge in [-0.2, -0.15) is 0 Å². The van der Waals surface area contributed by atoms with Crippen LogP contribution in [0.25, 0.3) is 0 Å². The minimum absolute atomic E-state index is 0.113. The maximum Gasteiger partial charge on any atom is 0.220 e. The van der Waals surface area contributed by atoms with E-state index < -0.39 is 14.6 Å². The molecule has 0 atom stereocenters. The third-order valence-corrected chi connectivity index (χ3v) is 5.46. The van der Waals surface area contributed by atoms with Crippen LogP contribution in [0, 0.1) is 0 Å². The number of amides is 1. The van der Waals surface area contributed by atoms with Crippen LogP contribution in [-0.2, 0) is 21.1 Å². The Bertz CT molecular complexity index is 580. The Morgan fingerprint density at radius 2 is 2.00 bits per heavy atom. The van der Waals surface area contributed by atoms with E-state index in [1.54, 1.807) is 19.9 Å². The Balaban J connectivity index is 2.46. The molecule has 0 aliphatic rings. The summed E-state index contributed by atoms with van der Waals surface area (Å²) < 4.78 is 22.1. The first-order valence-electron chi connectivity index (χ1n) is 6.42. The van der Waals surface area contributed by atoms with E-state index in [4.69, 9.17) is 5.73 Å². The van der Waals surface area contributed by atoms with Gasteiger partial charge in [0.05, 0.1) is 4.75 Å². The zero-order valence-corrected chi connectivity index (χ0v) is 13.0. The average Bonchev–Trinajstić information content (AvgIpc) is 2.33. The number of nitrogen functional groups attached to an aromatic ring is 1. The molecule has 0 unspecified atom stereocenters. The van der Waals surface area contributed by atoms with Crippen molar-refractivity contribution < 1.29 is 13.2 Å². The number of anilines is 1. The van der Waals surface area contributed by atoms with Crippen LogP contribution in [0.15, 0.2) is 24.3 Å². The van der Waals surface area contributed by atoms with E-state index in [-0.39, 0.29) is 12.5 Å². The van der Waals surface area contributed by atoms with Crippen LogP contribution in [0.3, 0.4) is 0 Å². The third kappa shape index (κ3) is 4.85. The maximum atomic E-state index is 11.7. The third-order valence-electron chi connectivity index (χ3n) is 3.31. The number of hydrogen-bond acceptors (Lipinski definition) is 4. The molecule has 1 amide bonds. The SMILES string of the molecule is CC(C)(CNC(=O)CCc1cccc(N)c1)S(C)(=O)=O. The highest BCUT2D eigenvalue weighted by molar-refractivity contribution is 7.92. The number of aryl methyl sites for hydroxylation is 1. The van der Waals surface area contributed by atoms with Gasteiger partial charge in [-0.3, -0.25) is 4.79 Å². The van der Waals surface area contributed by atoms with Crippen LogP contribution in [0.5, 0.6) is 0 Å². The number of carbonyl (C=O) groups is 1. The number of benzene rings is 1. The van der Waals surface area contributed by atoms with Crippen molar-refractivity contribution in [3.63, 3.8) is 0 Å². The molecular formula is C14H22N2O3S. The molecule has 1 rings (SSSR count). The molecule has 3 N–H and O–H groups in total. The zero-order valence-electron chi connectivity index (χ0n) is 12.1. The van der Waals surface area contributed by atoms with Gasteiger partial charge in [0, 0.05) is 24.9 Å². The van der Waals surface area contributed by atoms with Gasteiger partial charge in [-0.25, -0.2) is 8.42 Å². The van der Waals surface area contributed by atoms with Crippen LogP contribution in [0.2, 0.25) is 0 Å². The van der Waals surface area contributed by atoms with Gasteiger partial charge in [-0.15, -0.1) is 0 Å². The van der Waals surface area contributed by atoms with Gasteiger partial charge < -0.3 is 11.1 Å². The van der Waals surface area contributed by atoms with Crippen molar-refractivity contribution in [2.45, 2.75) is 31.4 Å². The van der Waals surface area contributed by atoms with E-state index in [2.05, 4.69) is 5.32 Å². The summed E-state index contributed by atoms with van der Waals surface area (Å²) in [5.74, 6) is -0.163. The van der Waals surface area contributed by atoms with Gasteiger partial charge in [-0.05, 0) is 38.0 Å². The van der Waals surface area contributed by atoms with Gasteiger partial charge in [0.2, 0.25) is 5.91 Å². The second-order valence-electron chi connectivity index (χ2n) is 5.55. The quantitative estimate of drug-likeness (QED) is 0.771. The number of hydrogen-bond donors (Lipinski definition) is 2. The summed E-state index contributed by atoms with van der Waals surface area (Å²) in [5, 5.41) is 2.66. The van der Waals surface area contributed by atoms with Crippen molar-refractivity contribution >= 4 is 21.4 Å². The molecule has 20 heavy (non-hydrogen) atoms. The molecule has 0 heterocycles. The number of rotatable bonds is 6. The van der Waals surface area contributed by atoms with Crippen molar-refractivity contribution in [3.05, 3.63) is 29.8 Å². The Hall–Kier alpha value is -1.56. The summed E-state index contributed by atoms with van der Waals surface area (Å²) in [5.41, 5.74) is 7.32. The minimum atomic E-state index is -3.20. The molecule has 0 aliphatic carbocycles. The molecule has 0 saturated carbocycles. The standard InChI is InChI=1S/C14H22N2O3S/c1-14(2,20(3,18)19)10-16-13(17)8-7-11-5-4-6-12(15)9-11/h4-6,9H,7-8,10,15H2,1-3H3,(H,16,17). The number of nitrogens with two attached hydrogens (primary N) is 1. The predicted molar refractivity (Wildman–Crippen MR) is 81.1 cm³/mol. The van der Waals surface area contributed by atoms with E-state index >= 15 is 0 Å². The summed E-state index contributed by atoms with van der Waals surface area (Å²) >= 11 is 0. The number of nitrogens with one attached hydrogen (secondary N) is 1. The molecule has 6 heteroatoms. The topological polar surface area (TPSA) is 89.3 Å². The molecule has 0 bridgehead atoms. The average molecular weight is 298 g/mol. The monoisotopic (exact) mass is 298 g/mol. The number of carbonyl (C=O) groups excluding carboxylic acids is 1. The lowest BCUT2D eigenvalue weighted by Gasteiger charge is -2.22. The maximum absolute atomic E-state index is 11.7. The van der Waals surface area contributed by atoms with Crippen molar-refractivity contribution in [2.24, 2.45) is 0 Å². The molecule has 5 nitrogen and oxygen atoms in total. The Morgan fingerprint density at radius 1 is 1.35 bits per heavy atom. The Morgan fingerprint density at radius 3 is 2.55 bits per heavy atom. The lowest BCUT2D eigenvalue weighted by molar-refractivity contribution is -0.121. The Kier molecular flexibility index (Phi) is 5.16. The number of sulfone groups is 1. The second kappa shape index (κ2) is 6.26. The summed E-state index contributed by atoms with van der Waals surface area (Å²) in [6.45, 7) is 3.31. The van der Waals surface area contributed by atoms with Crippen molar-refractivity contribution in [3.8, 4) is 0 Å². The lowest BCUT2D eigenvalue weighted by Crippen LogP contribution is -2.43. The van der Waals surface area contributed by atoms with Crippen LogP contribution in [-0.4, -0.2) is 31.9 Å². The molecule has 1 aromatic rings. The lowest BCUT2D eigenvalue weighted by atomic mass is 10.1. The first-order chi connectivity index (χ1) is 9.12.